The van der Waals surface area contributed by atoms with Crippen LogP contribution in [0, 0.1) is 11.3 Å². The minimum Gasteiger partial charge on any atom is -0.497 e. The van der Waals surface area contributed by atoms with Gasteiger partial charge in [-0.25, -0.2) is 4.79 Å². The van der Waals surface area contributed by atoms with Crippen molar-refractivity contribution in [3.05, 3.63) is 71.3 Å². The molecule has 0 bridgehead atoms. The molecular weight excluding hydrogens is 278 g/mol. The molecule has 110 valence electrons. The first-order valence-electron chi connectivity index (χ1n) is 6.70. The van der Waals surface area contributed by atoms with Crippen LogP contribution in [0.1, 0.15) is 11.1 Å². The first-order valence-corrected chi connectivity index (χ1v) is 6.70. The highest BCUT2D eigenvalue weighted by molar-refractivity contribution is 5.97. The van der Waals surface area contributed by atoms with E-state index < -0.39 is 5.97 Å². The van der Waals surface area contributed by atoms with E-state index in [9.17, 15) is 4.79 Å². The maximum Gasteiger partial charge on any atom is 0.349 e. The first-order chi connectivity index (χ1) is 10.7. The van der Waals surface area contributed by atoms with Crippen LogP contribution in [0.25, 0.3) is 6.08 Å². The Labute approximate surface area is 129 Å². The average molecular weight is 293 g/mol. The van der Waals surface area contributed by atoms with Crippen molar-refractivity contribution in [2.24, 2.45) is 0 Å². The van der Waals surface area contributed by atoms with Crippen LogP contribution in [-0.4, -0.2) is 13.1 Å². The molecule has 4 heteroatoms. The van der Waals surface area contributed by atoms with Gasteiger partial charge in [0.15, 0.2) is 0 Å². The van der Waals surface area contributed by atoms with Crippen molar-refractivity contribution in [2.75, 3.05) is 7.11 Å². The van der Waals surface area contributed by atoms with Crippen molar-refractivity contribution in [2.45, 2.75) is 6.61 Å². The van der Waals surface area contributed by atoms with Crippen LogP contribution in [0.15, 0.2) is 60.2 Å². The molecule has 0 N–H and O–H groups in total. The van der Waals surface area contributed by atoms with E-state index in [1.807, 2.05) is 36.4 Å². The normalized spacial score (nSPS) is 10.6. The number of methoxy groups -OCH3 is 1. The van der Waals surface area contributed by atoms with Gasteiger partial charge >= 0.3 is 5.97 Å². The molecule has 0 aliphatic carbocycles. The van der Waals surface area contributed by atoms with Gasteiger partial charge in [0.05, 0.1) is 7.11 Å². The van der Waals surface area contributed by atoms with E-state index in [0.717, 1.165) is 11.1 Å². The van der Waals surface area contributed by atoms with E-state index in [4.69, 9.17) is 14.7 Å². The third-order valence-corrected chi connectivity index (χ3v) is 2.98. The second-order valence-corrected chi connectivity index (χ2v) is 4.50. The molecule has 0 spiro atoms. The number of hydrogen-bond acceptors (Lipinski definition) is 4. The van der Waals surface area contributed by atoms with Gasteiger partial charge in [-0.1, -0.05) is 42.5 Å². The number of hydrogen-bond donors (Lipinski definition) is 0. The zero-order valence-electron chi connectivity index (χ0n) is 12.2. The zero-order chi connectivity index (χ0) is 15.8. The number of esters is 1. The van der Waals surface area contributed by atoms with Gasteiger partial charge in [-0.15, -0.1) is 0 Å². The topological polar surface area (TPSA) is 59.3 Å². The first kappa shape index (κ1) is 15.3. The number of nitriles is 1. The molecule has 2 aromatic carbocycles. The van der Waals surface area contributed by atoms with E-state index in [1.54, 1.807) is 31.4 Å². The predicted molar refractivity (Wildman–Crippen MR) is 82.8 cm³/mol. The Balaban J connectivity index is 2.04. The van der Waals surface area contributed by atoms with Crippen LogP contribution >= 0.6 is 0 Å². The van der Waals surface area contributed by atoms with Crippen molar-refractivity contribution in [1.29, 1.82) is 5.26 Å². The number of rotatable bonds is 5. The third kappa shape index (κ3) is 4.22. The highest BCUT2D eigenvalue weighted by atomic mass is 16.5. The summed E-state index contributed by atoms with van der Waals surface area (Å²) in [5, 5.41) is 9.11. The summed E-state index contributed by atoms with van der Waals surface area (Å²) in [5.74, 6) is 0.0736. The van der Waals surface area contributed by atoms with Crippen molar-refractivity contribution in [1.82, 2.24) is 0 Å². The van der Waals surface area contributed by atoms with Gasteiger partial charge in [0, 0.05) is 0 Å². The lowest BCUT2D eigenvalue weighted by atomic mass is 10.1. The minimum atomic E-state index is -0.637. The van der Waals surface area contributed by atoms with Gasteiger partial charge in [0.2, 0.25) is 0 Å². The molecule has 22 heavy (non-hydrogen) atoms. The fourth-order valence-electron chi connectivity index (χ4n) is 1.80. The third-order valence-electron chi connectivity index (χ3n) is 2.98. The van der Waals surface area contributed by atoms with Crippen molar-refractivity contribution < 1.29 is 14.3 Å². The van der Waals surface area contributed by atoms with Gasteiger partial charge in [-0.2, -0.15) is 5.26 Å². The smallest absolute Gasteiger partial charge is 0.349 e. The molecule has 0 atom stereocenters. The van der Waals surface area contributed by atoms with Crippen LogP contribution in [0.3, 0.4) is 0 Å². The van der Waals surface area contributed by atoms with E-state index in [2.05, 4.69) is 0 Å². The predicted octanol–water partition coefficient (Wildman–Crippen LogP) is 3.35. The zero-order valence-corrected chi connectivity index (χ0v) is 12.2. The van der Waals surface area contributed by atoms with E-state index in [1.165, 1.54) is 6.08 Å². The molecule has 0 aliphatic heterocycles. The monoisotopic (exact) mass is 293 g/mol. The summed E-state index contributed by atoms with van der Waals surface area (Å²) in [6, 6.07) is 18.2. The van der Waals surface area contributed by atoms with Gasteiger partial charge in [0.1, 0.15) is 24.0 Å². The molecule has 0 heterocycles. The lowest BCUT2D eigenvalue weighted by molar-refractivity contribution is -0.139. The molecule has 0 aromatic heterocycles. The number of carbonyl (C=O) groups is 1. The molecule has 0 aliphatic rings. The molecule has 0 radical (unpaired) electrons. The van der Waals surface area contributed by atoms with Crippen LogP contribution in [-0.2, 0) is 16.1 Å². The quantitative estimate of drug-likeness (QED) is 0.482. The van der Waals surface area contributed by atoms with Gasteiger partial charge in [-0.3, -0.25) is 0 Å². The molecule has 0 unspecified atom stereocenters. The lowest BCUT2D eigenvalue weighted by Crippen LogP contribution is -2.06. The standard InChI is InChI=1S/C18H15NO3/c1-21-17-9-7-14(8-10-17)11-16(12-19)18(20)22-13-15-5-3-2-4-6-15/h2-11H,13H2,1H3. The summed E-state index contributed by atoms with van der Waals surface area (Å²) in [6.07, 6.45) is 1.49. The van der Waals surface area contributed by atoms with Crippen LogP contribution in [0.4, 0.5) is 0 Å². The number of carbonyl (C=O) groups excluding carboxylic acids is 1. The second-order valence-electron chi connectivity index (χ2n) is 4.50. The minimum absolute atomic E-state index is 0.0407. The Bertz CT molecular complexity index is 697. The van der Waals surface area contributed by atoms with Crippen molar-refractivity contribution in [3.8, 4) is 11.8 Å². The summed E-state index contributed by atoms with van der Waals surface area (Å²) in [6.45, 7) is 0.140. The molecule has 0 saturated carbocycles. The van der Waals surface area contributed by atoms with Crippen LogP contribution in [0.2, 0.25) is 0 Å². The van der Waals surface area contributed by atoms with Gasteiger partial charge in [0.25, 0.3) is 0 Å². The van der Waals surface area contributed by atoms with Crippen molar-refractivity contribution >= 4 is 12.0 Å². The van der Waals surface area contributed by atoms with E-state index in [-0.39, 0.29) is 12.2 Å². The number of nitrogens with zero attached hydrogens (tertiary/aromatic N) is 1. The highest BCUT2D eigenvalue weighted by Gasteiger charge is 2.10. The summed E-state index contributed by atoms with van der Waals surface area (Å²) in [5.41, 5.74) is 1.56. The Morgan fingerprint density at radius 1 is 1.14 bits per heavy atom. The maximum absolute atomic E-state index is 11.9. The average Bonchev–Trinajstić information content (AvgIpc) is 2.59. The second kappa shape index (κ2) is 7.65. The molecule has 0 amide bonds. The molecule has 0 saturated heterocycles. The largest absolute Gasteiger partial charge is 0.497 e. The molecule has 0 fully saturated rings. The van der Waals surface area contributed by atoms with Crippen molar-refractivity contribution in [3.63, 3.8) is 0 Å². The summed E-state index contributed by atoms with van der Waals surface area (Å²) >= 11 is 0. The maximum atomic E-state index is 11.9. The molecule has 2 rings (SSSR count). The Morgan fingerprint density at radius 2 is 1.82 bits per heavy atom. The molecule has 4 nitrogen and oxygen atoms in total. The Hall–Kier alpha value is -3.06. The van der Waals surface area contributed by atoms with Crippen LogP contribution in [0.5, 0.6) is 5.75 Å². The van der Waals surface area contributed by atoms with E-state index >= 15 is 0 Å². The number of benzene rings is 2. The fraction of sp³-hybridized carbons (Fsp3) is 0.111. The summed E-state index contributed by atoms with van der Waals surface area (Å²) in [4.78, 5) is 11.9. The number of ether oxygens (including phenoxy) is 2. The Kier molecular flexibility index (Phi) is 5.33. The summed E-state index contributed by atoms with van der Waals surface area (Å²) < 4.78 is 10.2. The SMILES string of the molecule is COc1ccc(C=C(C#N)C(=O)OCc2ccccc2)cc1. The molecule has 2 aromatic rings. The fourth-order valence-corrected chi connectivity index (χ4v) is 1.80. The highest BCUT2D eigenvalue weighted by Crippen LogP contribution is 2.14. The van der Waals surface area contributed by atoms with E-state index in [0.29, 0.717) is 5.75 Å². The van der Waals surface area contributed by atoms with Gasteiger partial charge < -0.3 is 9.47 Å². The Morgan fingerprint density at radius 3 is 2.41 bits per heavy atom. The van der Waals surface area contributed by atoms with Crippen LogP contribution < -0.4 is 4.74 Å². The lowest BCUT2D eigenvalue weighted by Gasteiger charge is -2.04. The molecular formula is C18H15NO3. The van der Waals surface area contributed by atoms with Gasteiger partial charge in [-0.05, 0) is 29.3 Å². The summed E-state index contributed by atoms with van der Waals surface area (Å²) in [7, 11) is 1.58.